The summed E-state index contributed by atoms with van der Waals surface area (Å²) in [5.41, 5.74) is 1.46. The second-order valence-electron chi connectivity index (χ2n) is 6.84. The van der Waals surface area contributed by atoms with E-state index in [0.29, 0.717) is 12.1 Å². The molecular formula is C21H24FN3O2. The summed E-state index contributed by atoms with van der Waals surface area (Å²) >= 11 is 0. The van der Waals surface area contributed by atoms with Gasteiger partial charge in [-0.25, -0.2) is 4.39 Å². The van der Waals surface area contributed by atoms with Crippen LogP contribution in [0, 0.1) is 5.82 Å². The lowest BCUT2D eigenvalue weighted by Gasteiger charge is -2.31. The van der Waals surface area contributed by atoms with Crippen LogP contribution in [0.2, 0.25) is 0 Å². The molecule has 0 aliphatic carbocycles. The predicted molar refractivity (Wildman–Crippen MR) is 103 cm³/mol. The van der Waals surface area contributed by atoms with Crippen LogP contribution in [0.25, 0.3) is 0 Å². The van der Waals surface area contributed by atoms with Gasteiger partial charge in [0.25, 0.3) is 0 Å². The van der Waals surface area contributed by atoms with Crippen molar-refractivity contribution in [2.24, 2.45) is 0 Å². The number of para-hydroxylation sites is 1. The molecule has 1 heterocycles. The van der Waals surface area contributed by atoms with Crippen LogP contribution in [0.1, 0.15) is 18.4 Å². The quantitative estimate of drug-likeness (QED) is 0.823. The Hall–Kier alpha value is -2.73. The van der Waals surface area contributed by atoms with Crippen molar-refractivity contribution in [3.05, 3.63) is 66.0 Å². The minimum atomic E-state index is -0.331. The number of halogens is 1. The van der Waals surface area contributed by atoms with Crippen LogP contribution >= 0.6 is 0 Å². The second-order valence-corrected chi connectivity index (χ2v) is 6.84. The lowest BCUT2D eigenvalue weighted by Crippen LogP contribution is -2.46. The summed E-state index contributed by atoms with van der Waals surface area (Å²) in [6.07, 6.45) is 1.78. The van der Waals surface area contributed by atoms with Crippen LogP contribution in [0.3, 0.4) is 0 Å². The Morgan fingerprint density at radius 2 is 1.74 bits per heavy atom. The topological polar surface area (TPSA) is 61.4 Å². The highest BCUT2D eigenvalue weighted by atomic mass is 19.1. The Morgan fingerprint density at radius 3 is 2.44 bits per heavy atom. The normalized spacial score (nSPS) is 15.3. The van der Waals surface area contributed by atoms with Crippen LogP contribution in [-0.4, -0.2) is 42.4 Å². The molecule has 2 aromatic carbocycles. The lowest BCUT2D eigenvalue weighted by molar-refractivity contribution is -0.122. The first-order valence-corrected chi connectivity index (χ1v) is 9.19. The number of anilines is 1. The molecule has 0 saturated carbocycles. The number of carbonyl (C=O) groups is 2. The van der Waals surface area contributed by atoms with Crippen LogP contribution in [-0.2, 0) is 16.0 Å². The van der Waals surface area contributed by atoms with E-state index in [9.17, 15) is 14.0 Å². The Morgan fingerprint density at radius 1 is 1.00 bits per heavy atom. The molecule has 0 spiro atoms. The monoisotopic (exact) mass is 369 g/mol. The van der Waals surface area contributed by atoms with Gasteiger partial charge in [0.05, 0.1) is 13.0 Å². The number of carbonyl (C=O) groups excluding carboxylic acids is 2. The number of nitrogens with one attached hydrogen (secondary N) is 2. The summed E-state index contributed by atoms with van der Waals surface area (Å²) in [4.78, 5) is 26.4. The first kappa shape index (κ1) is 19.0. The third-order valence-electron chi connectivity index (χ3n) is 4.63. The zero-order chi connectivity index (χ0) is 19.1. The van der Waals surface area contributed by atoms with Crippen LogP contribution in [0.5, 0.6) is 0 Å². The largest absolute Gasteiger partial charge is 0.353 e. The second kappa shape index (κ2) is 9.28. The molecule has 3 rings (SSSR count). The van der Waals surface area contributed by atoms with E-state index < -0.39 is 0 Å². The number of nitrogens with zero attached hydrogens (tertiary/aromatic N) is 1. The van der Waals surface area contributed by atoms with Crippen LogP contribution in [0.15, 0.2) is 54.6 Å². The molecule has 0 unspecified atom stereocenters. The van der Waals surface area contributed by atoms with Gasteiger partial charge in [-0.3, -0.25) is 14.5 Å². The lowest BCUT2D eigenvalue weighted by atomic mass is 10.0. The predicted octanol–water partition coefficient (Wildman–Crippen LogP) is 2.59. The maximum absolute atomic E-state index is 13.2. The van der Waals surface area contributed by atoms with Gasteiger partial charge in [-0.2, -0.15) is 0 Å². The van der Waals surface area contributed by atoms with Crippen LogP contribution in [0.4, 0.5) is 10.1 Å². The van der Waals surface area contributed by atoms with Crippen molar-refractivity contribution >= 4 is 17.5 Å². The van der Waals surface area contributed by atoms with Gasteiger partial charge in [0.15, 0.2) is 0 Å². The molecule has 2 N–H and O–H groups in total. The molecule has 1 saturated heterocycles. The Kier molecular flexibility index (Phi) is 6.54. The molecule has 1 aliphatic rings. The average Bonchev–Trinajstić information content (AvgIpc) is 2.64. The maximum Gasteiger partial charge on any atom is 0.238 e. The number of amides is 2. The number of rotatable bonds is 6. The van der Waals surface area contributed by atoms with Crippen molar-refractivity contribution in [3.8, 4) is 0 Å². The molecule has 0 aromatic heterocycles. The van der Waals surface area contributed by atoms with Gasteiger partial charge in [-0.05, 0) is 42.7 Å². The van der Waals surface area contributed by atoms with E-state index in [1.54, 1.807) is 12.1 Å². The van der Waals surface area contributed by atoms with Gasteiger partial charge in [0.1, 0.15) is 5.82 Å². The molecule has 1 aliphatic heterocycles. The highest BCUT2D eigenvalue weighted by Gasteiger charge is 2.22. The van der Waals surface area contributed by atoms with Crippen molar-refractivity contribution in [1.29, 1.82) is 0 Å². The number of hydrogen-bond donors (Lipinski definition) is 2. The minimum absolute atomic E-state index is 0.0326. The molecule has 27 heavy (non-hydrogen) atoms. The van der Waals surface area contributed by atoms with Gasteiger partial charge >= 0.3 is 0 Å². The number of piperidine rings is 1. The number of benzene rings is 2. The van der Waals surface area contributed by atoms with Crippen molar-refractivity contribution in [2.75, 3.05) is 25.0 Å². The fourth-order valence-corrected chi connectivity index (χ4v) is 3.27. The van der Waals surface area contributed by atoms with E-state index in [0.717, 1.165) is 31.6 Å². The molecule has 142 valence electrons. The van der Waals surface area contributed by atoms with Crippen molar-refractivity contribution in [2.45, 2.75) is 25.3 Å². The van der Waals surface area contributed by atoms with E-state index in [1.807, 2.05) is 30.3 Å². The summed E-state index contributed by atoms with van der Waals surface area (Å²) in [7, 11) is 0. The standard InChI is InChI=1S/C21H24FN3O2/c22-17-6-4-5-16(13-17)14-20(26)23-19-9-11-25(12-10-19)15-21(27)24-18-7-2-1-3-8-18/h1-8,13,19H,9-12,14-15H2,(H,23,26)(H,24,27). The first-order chi connectivity index (χ1) is 13.1. The Balaban J connectivity index is 1.38. The van der Waals surface area contributed by atoms with Gasteiger partial charge in [0, 0.05) is 24.8 Å². The van der Waals surface area contributed by atoms with E-state index in [1.165, 1.54) is 12.1 Å². The molecule has 0 radical (unpaired) electrons. The van der Waals surface area contributed by atoms with Gasteiger partial charge in [-0.1, -0.05) is 30.3 Å². The van der Waals surface area contributed by atoms with E-state index >= 15 is 0 Å². The smallest absolute Gasteiger partial charge is 0.238 e. The van der Waals surface area contributed by atoms with Gasteiger partial charge in [0.2, 0.25) is 11.8 Å². The zero-order valence-electron chi connectivity index (χ0n) is 15.2. The fraction of sp³-hybridized carbons (Fsp3) is 0.333. The Bertz CT molecular complexity index is 774. The SMILES string of the molecule is O=C(CN1CCC(NC(=O)Cc2cccc(F)c2)CC1)Nc1ccccc1. The van der Waals surface area contributed by atoms with Crippen molar-refractivity contribution in [3.63, 3.8) is 0 Å². The van der Waals surface area contributed by atoms with Crippen LogP contribution < -0.4 is 10.6 Å². The molecule has 0 atom stereocenters. The minimum Gasteiger partial charge on any atom is -0.353 e. The maximum atomic E-state index is 13.2. The van der Waals surface area contributed by atoms with Crippen molar-refractivity contribution in [1.82, 2.24) is 10.2 Å². The molecule has 6 heteroatoms. The van der Waals surface area contributed by atoms with E-state index in [2.05, 4.69) is 15.5 Å². The fourth-order valence-electron chi connectivity index (χ4n) is 3.27. The third kappa shape index (κ3) is 6.18. The molecule has 0 bridgehead atoms. The Labute approximate surface area is 158 Å². The number of hydrogen-bond acceptors (Lipinski definition) is 3. The van der Waals surface area contributed by atoms with Gasteiger partial charge in [-0.15, -0.1) is 0 Å². The highest BCUT2D eigenvalue weighted by molar-refractivity contribution is 5.92. The third-order valence-corrected chi connectivity index (χ3v) is 4.63. The first-order valence-electron chi connectivity index (χ1n) is 9.19. The average molecular weight is 369 g/mol. The summed E-state index contributed by atoms with van der Waals surface area (Å²) in [5.74, 6) is -0.460. The molecule has 5 nitrogen and oxygen atoms in total. The molecule has 1 fully saturated rings. The van der Waals surface area contributed by atoms with E-state index in [-0.39, 0.29) is 30.1 Å². The summed E-state index contributed by atoms with van der Waals surface area (Å²) in [6.45, 7) is 1.86. The highest BCUT2D eigenvalue weighted by Crippen LogP contribution is 2.12. The number of likely N-dealkylation sites (tertiary alicyclic amines) is 1. The molecular weight excluding hydrogens is 345 g/mol. The van der Waals surface area contributed by atoms with Crippen molar-refractivity contribution < 1.29 is 14.0 Å². The van der Waals surface area contributed by atoms with E-state index in [4.69, 9.17) is 0 Å². The summed E-state index contributed by atoms with van der Waals surface area (Å²) < 4.78 is 13.2. The van der Waals surface area contributed by atoms with Gasteiger partial charge < -0.3 is 10.6 Å². The zero-order valence-corrected chi connectivity index (χ0v) is 15.2. The molecule has 2 aromatic rings. The molecule has 2 amide bonds. The summed E-state index contributed by atoms with van der Waals surface area (Å²) in [5, 5.41) is 5.90. The summed E-state index contributed by atoms with van der Waals surface area (Å²) in [6, 6.07) is 15.6.